The van der Waals surface area contributed by atoms with Gasteiger partial charge < -0.3 is 0 Å². The van der Waals surface area contributed by atoms with Crippen LogP contribution < -0.4 is 0 Å². The second-order valence-corrected chi connectivity index (χ2v) is 7.14. The van der Waals surface area contributed by atoms with Crippen LogP contribution in [0.5, 0.6) is 0 Å². The number of benzene rings is 1. The van der Waals surface area contributed by atoms with Crippen LogP contribution in [-0.4, -0.2) is 14.6 Å². The molecule has 4 nitrogen and oxygen atoms in total. The Morgan fingerprint density at radius 1 is 1.09 bits per heavy atom. The molecule has 0 radical (unpaired) electrons. The Labute approximate surface area is 145 Å². The minimum absolute atomic E-state index is 0.0160. The van der Waals surface area contributed by atoms with Crippen LogP contribution in [0.4, 0.5) is 0 Å². The van der Waals surface area contributed by atoms with Gasteiger partial charge in [-0.15, -0.1) is 5.10 Å². The molecule has 0 aliphatic carbocycles. The molecule has 0 spiro atoms. The maximum atomic E-state index is 9.49. The largest absolute Gasteiger partial charge is 0.252 e. The molecule has 3 rings (SSSR count). The molecule has 0 unspecified atom stereocenters. The number of nitrogens with zero attached hydrogens (tertiary/aromatic N) is 4. The second-order valence-electron chi connectivity index (χ2n) is 4.42. The van der Waals surface area contributed by atoms with Gasteiger partial charge in [-0.2, -0.15) is 5.26 Å². The first-order valence-corrected chi connectivity index (χ1v) is 7.54. The van der Waals surface area contributed by atoms with Crippen LogP contribution in [0.2, 0.25) is 5.02 Å². The lowest BCUT2D eigenvalue weighted by atomic mass is 10.0. The van der Waals surface area contributed by atoms with Crippen molar-refractivity contribution in [3.8, 4) is 17.2 Å². The van der Waals surface area contributed by atoms with Gasteiger partial charge in [0.15, 0.2) is 5.65 Å². The van der Waals surface area contributed by atoms with Crippen molar-refractivity contribution in [2.24, 2.45) is 0 Å². The summed E-state index contributed by atoms with van der Waals surface area (Å²) >= 11 is 23.3. The van der Waals surface area contributed by atoms with Crippen molar-refractivity contribution in [1.29, 1.82) is 5.26 Å². The monoisotopic (exact) mass is 370 g/mol. The summed E-state index contributed by atoms with van der Waals surface area (Å²) in [5.41, 5.74) is 2.21. The molecule has 3 aromatic rings. The highest BCUT2D eigenvalue weighted by Crippen LogP contribution is 2.37. The molecule has 0 saturated carbocycles. The van der Waals surface area contributed by atoms with E-state index in [0.717, 1.165) is 5.56 Å². The molecule has 0 bridgehead atoms. The summed E-state index contributed by atoms with van der Waals surface area (Å²) < 4.78 is -0.339. The first-order valence-electron chi connectivity index (χ1n) is 6.03. The van der Waals surface area contributed by atoms with Gasteiger partial charge in [0, 0.05) is 16.8 Å². The summed E-state index contributed by atoms with van der Waals surface area (Å²) in [6, 6.07) is 11.0. The fraction of sp³-hybridized carbons (Fsp3) is 0.0714. The molecule has 0 aliphatic rings. The lowest BCUT2D eigenvalue weighted by Crippen LogP contribution is -2.02. The zero-order chi connectivity index (χ0) is 15.9. The molecular weight excluding hydrogens is 366 g/mol. The van der Waals surface area contributed by atoms with Crippen molar-refractivity contribution < 1.29 is 0 Å². The number of halogens is 4. The van der Waals surface area contributed by atoms with E-state index in [0.29, 0.717) is 21.8 Å². The maximum absolute atomic E-state index is 9.49. The van der Waals surface area contributed by atoms with Crippen molar-refractivity contribution in [2.75, 3.05) is 0 Å². The summed E-state index contributed by atoms with van der Waals surface area (Å²) in [5, 5.41) is 14.2. The molecule has 2 aromatic heterocycles. The van der Waals surface area contributed by atoms with Gasteiger partial charge in [-0.05, 0) is 23.8 Å². The van der Waals surface area contributed by atoms with Crippen molar-refractivity contribution in [3.63, 3.8) is 0 Å². The van der Waals surface area contributed by atoms with E-state index < -0.39 is 3.79 Å². The average Bonchev–Trinajstić information content (AvgIpc) is 2.91. The minimum Gasteiger partial charge on any atom is -0.219 e. The Hall–Kier alpha value is -1.51. The molecule has 0 saturated heterocycles. The highest BCUT2D eigenvalue weighted by Gasteiger charge is 2.29. The normalized spacial score (nSPS) is 11.6. The lowest BCUT2D eigenvalue weighted by Gasteiger charge is -2.05. The van der Waals surface area contributed by atoms with Gasteiger partial charge in [0.25, 0.3) is 3.79 Å². The fourth-order valence-electron chi connectivity index (χ4n) is 2.05. The Balaban J connectivity index is 2.25. The average molecular weight is 372 g/mol. The standard InChI is InChI=1S/C14H6Cl4N4/c15-9-3-1-8(2-4-9)10-5-6-22-12(11(10)7-19)20-13(21-22)14(16,17)18/h1-6H. The summed E-state index contributed by atoms with van der Waals surface area (Å²) in [6.45, 7) is 0. The van der Waals surface area contributed by atoms with Crippen LogP contribution in [-0.2, 0) is 3.79 Å². The zero-order valence-electron chi connectivity index (χ0n) is 10.8. The van der Waals surface area contributed by atoms with Crippen molar-refractivity contribution in [1.82, 2.24) is 14.6 Å². The lowest BCUT2D eigenvalue weighted by molar-refractivity contribution is 0.898. The third-order valence-corrected chi connectivity index (χ3v) is 3.79. The van der Waals surface area contributed by atoms with Crippen LogP contribution in [0.3, 0.4) is 0 Å². The van der Waals surface area contributed by atoms with E-state index in [2.05, 4.69) is 16.2 Å². The first-order chi connectivity index (χ1) is 10.4. The molecule has 1 aromatic carbocycles. The highest BCUT2D eigenvalue weighted by molar-refractivity contribution is 6.66. The van der Waals surface area contributed by atoms with Crippen LogP contribution in [0.15, 0.2) is 36.5 Å². The number of hydrogen-bond acceptors (Lipinski definition) is 3. The van der Waals surface area contributed by atoms with Gasteiger partial charge in [0.1, 0.15) is 11.6 Å². The third-order valence-electron chi connectivity index (χ3n) is 3.03. The molecule has 110 valence electrons. The molecule has 0 fully saturated rings. The van der Waals surface area contributed by atoms with Crippen LogP contribution in [0.25, 0.3) is 16.8 Å². The summed E-state index contributed by atoms with van der Waals surface area (Å²) in [5.74, 6) is 0.0160. The number of aromatic nitrogens is 3. The molecule has 22 heavy (non-hydrogen) atoms. The third kappa shape index (κ3) is 2.73. The van der Waals surface area contributed by atoms with Gasteiger partial charge in [0.2, 0.25) is 5.82 Å². The molecular formula is C14H6Cl4N4. The van der Waals surface area contributed by atoms with E-state index in [-0.39, 0.29) is 5.82 Å². The van der Waals surface area contributed by atoms with Crippen molar-refractivity contribution >= 4 is 52.1 Å². The highest BCUT2D eigenvalue weighted by atomic mass is 35.6. The Bertz CT molecular complexity index is 888. The molecule has 2 heterocycles. The second kappa shape index (κ2) is 5.60. The van der Waals surface area contributed by atoms with Crippen LogP contribution in [0.1, 0.15) is 11.4 Å². The zero-order valence-corrected chi connectivity index (χ0v) is 13.8. The van der Waals surface area contributed by atoms with E-state index in [4.69, 9.17) is 46.4 Å². The number of fused-ring (bicyclic) bond motifs is 1. The number of hydrogen-bond donors (Lipinski definition) is 0. The van der Waals surface area contributed by atoms with E-state index in [1.807, 2.05) is 12.1 Å². The molecule has 0 aliphatic heterocycles. The maximum Gasteiger partial charge on any atom is 0.252 e. The van der Waals surface area contributed by atoms with Crippen molar-refractivity contribution in [2.45, 2.75) is 3.79 Å². The summed E-state index contributed by atoms with van der Waals surface area (Å²) in [6.07, 6.45) is 1.66. The predicted octanol–water partition coefficient (Wildman–Crippen LogP) is 4.75. The quantitative estimate of drug-likeness (QED) is 0.580. The van der Waals surface area contributed by atoms with E-state index in [1.54, 1.807) is 24.4 Å². The number of rotatable bonds is 1. The van der Waals surface area contributed by atoms with Crippen molar-refractivity contribution in [3.05, 3.63) is 52.9 Å². The molecule has 8 heteroatoms. The van der Waals surface area contributed by atoms with E-state index in [9.17, 15) is 5.26 Å². The topological polar surface area (TPSA) is 54.0 Å². The number of pyridine rings is 1. The van der Waals surface area contributed by atoms with Gasteiger partial charge >= 0.3 is 0 Å². The Kier molecular flexibility index (Phi) is 3.92. The summed E-state index contributed by atoms with van der Waals surface area (Å²) in [7, 11) is 0. The SMILES string of the molecule is N#Cc1c(-c2ccc(Cl)cc2)ccn2nc(C(Cl)(Cl)Cl)nc12. The first kappa shape index (κ1) is 15.4. The van der Waals surface area contributed by atoms with Gasteiger partial charge in [-0.25, -0.2) is 9.50 Å². The van der Waals surface area contributed by atoms with Crippen LogP contribution in [0, 0.1) is 11.3 Å². The van der Waals surface area contributed by atoms with Gasteiger partial charge in [-0.1, -0.05) is 58.5 Å². The predicted molar refractivity (Wildman–Crippen MR) is 87.4 cm³/mol. The number of alkyl halides is 3. The van der Waals surface area contributed by atoms with E-state index >= 15 is 0 Å². The fourth-order valence-corrected chi connectivity index (χ4v) is 2.41. The van der Waals surface area contributed by atoms with Gasteiger partial charge in [-0.3, -0.25) is 0 Å². The van der Waals surface area contributed by atoms with Crippen LogP contribution >= 0.6 is 46.4 Å². The Morgan fingerprint density at radius 3 is 2.36 bits per heavy atom. The molecule has 0 amide bonds. The number of nitriles is 1. The van der Waals surface area contributed by atoms with E-state index in [1.165, 1.54) is 4.52 Å². The Morgan fingerprint density at radius 2 is 1.77 bits per heavy atom. The van der Waals surface area contributed by atoms with Gasteiger partial charge in [0.05, 0.1) is 0 Å². The minimum atomic E-state index is -1.75. The molecule has 0 atom stereocenters. The summed E-state index contributed by atoms with van der Waals surface area (Å²) in [4.78, 5) is 4.17. The molecule has 0 N–H and O–H groups in total. The smallest absolute Gasteiger partial charge is 0.219 e.